The van der Waals surface area contributed by atoms with Crippen LogP contribution in [0.15, 0.2) is 47.5 Å². The topological polar surface area (TPSA) is 79.7 Å². The van der Waals surface area contributed by atoms with Gasteiger partial charge in [-0.05, 0) is 12.1 Å². The molecule has 0 unspecified atom stereocenters. The Hall–Kier alpha value is -1.26. The van der Waals surface area contributed by atoms with E-state index in [1.807, 2.05) is 35.0 Å². The summed E-state index contributed by atoms with van der Waals surface area (Å²) in [4.78, 5) is 4.03. The molecule has 2 atom stereocenters. The summed E-state index contributed by atoms with van der Waals surface area (Å²) in [6.45, 7) is 0.547. The number of ether oxygens (including phenoxy) is 2. The molecule has 1 fully saturated rings. The van der Waals surface area contributed by atoms with Crippen molar-refractivity contribution >= 4 is 26.0 Å². The van der Waals surface area contributed by atoms with E-state index in [0.717, 1.165) is 16.3 Å². The van der Waals surface area contributed by atoms with Gasteiger partial charge in [0.25, 0.3) is 10.1 Å². The van der Waals surface area contributed by atoms with E-state index in [4.69, 9.17) is 13.7 Å². The molecule has 1 saturated heterocycles. The second-order valence-electron chi connectivity index (χ2n) is 5.53. The lowest BCUT2D eigenvalue weighted by Crippen LogP contribution is -2.34. The van der Waals surface area contributed by atoms with Gasteiger partial charge in [0.2, 0.25) is 5.79 Å². The molecule has 1 aliphatic heterocycles. The predicted octanol–water partition coefficient (Wildman–Crippen LogP) is 1.89. The average molecular weight is 417 g/mol. The van der Waals surface area contributed by atoms with E-state index in [2.05, 4.69) is 20.9 Å². The Morgan fingerprint density at radius 1 is 1.42 bits per heavy atom. The summed E-state index contributed by atoms with van der Waals surface area (Å²) in [7, 11) is -3.53. The van der Waals surface area contributed by atoms with Crippen LogP contribution in [0.5, 0.6) is 0 Å². The first-order chi connectivity index (χ1) is 11.4. The quantitative estimate of drug-likeness (QED) is 0.668. The number of aromatic nitrogens is 2. The molecule has 7 nitrogen and oxygen atoms in total. The molecular weight excluding hydrogens is 400 g/mol. The molecule has 1 aliphatic rings. The van der Waals surface area contributed by atoms with Gasteiger partial charge in [0.1, 0.15) is 6.10 Å². The third kappa shape index (κ3) is 4.22. The van der Waals surface area contributed by atoms with Gasteiger partial charge in [0.05, 0.1) is 32.3 Å². The standard InChI is InChI=1S/C15H17BrN2O5S/c1-24(19,20)22-9-14-8-21-15(23-14,10-18-7-6-17-11-18)12-2-4-13(16)5-3-12/h2-7,11,14H,8-10H2,1H3/t14-,15-/m0/s1. The van der Waals surface area contributed by atoms with Crippen molar-refractivity contribution < 1.29 is 22.1 Å². The Balaban J connectivity index is 1.82. The average Bonchev–Trinajstić information content (AvgIpc) is 3.16. The van der Waals surface area contributed by atoms with Crippen molar-refractivity contribution in [1.82, 2.24) is 9.55 Å². The molecule has 1 aromatic heterocycles. The number of rotatable bonds is 6. The minimum atomic E-state index is -3.53. The molecule has 130 valence electrons. The molecule has 1 aromatic carbocycles. The van der Waals surface area contributed by atoms with E-state index >= 15 is 0 Å². The summed E-state index contributed by atoms with van der Waals surface area (Å²) >= 11 is 3.41. The first-order valence-electron chi connectivity index (χ1n) is 7.24. The maximum absolute atomic E-state index is 11.2. The van der Waals surface area contributed by atoms with Gasteiger partial charge in [-0.1, -0.05) is 28.1 Å². The number of nitrogens with zero attached hydrogens (tertiary/aromatic N) is 2. The van der Waals surface area contributed by atoms with Crippen LogP contribution in [0.2, 0.25) is 0 Å². The maximum Gasteiger partial charge on any atom is 0.264 e. The SMILES string of the molecule is CS(=O)(=O)OC[C@@H]1CO[C@](Cn2ccnc2)(c2ccc(Br)cc2)O1. The minimum Gasteiger partial charge on any atom is -0.342 e. The minimum absolute atomic E-state index is 0.0823. The van der Waals surface area contributed by atoms with Gasteiger partial charge in [-0.15, -0.1) is 0 Å². The highest BCUT2D eigenvalue weighted by molar-refractivity contribution is 9.10. The molecule has 0 saturated carbocycles. The Labute approximate surface area is 148 Å². The summed E-state index contributed by atoms with van der Waals surface area (Å²) in [5.41, 5.74) is 0.834. The van der Waals surface area contributed by atoms with Crippen molar-refractivity contribution in [3.8, 4) is 0 Å². The van der Waals surface area contributed by atoms with Crippen molar-refractivity contribution in [3.05, 3.63) is 53.0 Å². The van der Waals surface area contributed by atoms with Crippen molar-refractivity contribution in [1.29, 1.82) is 0 Å². The number of hydrogen-bond acceptors (Lipinski definition) is 6. The van der Waals surface area contributed by atoms with E-state index in [0.29, 0.717) is 6.54 Å². The van der Waals surface area contributed by atoms with Crippen molar-refractivity contribution in [2.24, 2.45) is 0 Å². The third-order valence-electron chi connectivity index (χ3n) is 3.56. The van der Waals surface area contributed by atoms with Crippen LogP contribution in [0.1, 0.15) is 5.56 Å². The van der Waals surface area contributed by atoms with E-state index in [-0.39, 0.29) is 13.2 Å². The molecule has 0 N–H and O–H groups in total. The Bertz CT molecular complexity index is 779. The van der Waals surface area contributed by atoms with Crippen molar-refractivity contribution in [3.63, 3.8) is 0 Å². The highest BCUT2D eigenvalue weighted by Crippen LogP contribution is 2.36. The van der Waals surface area contributed by atoms with Gasteiger partial charge in [-0.3, -0.25) is 4.18 Å². The summed E-state index contributed by atoms with van der Waals surface area (Å²) in [5.74, 6) is -1.02. The van der Waals surface area contributed by atoms with Crippen molar-refractivity contribution in [2.75, 3.05) is 19.5 Å². The van der Waals surface area contributed by atoms with Gasteiger partial charge in [0.15, 0.2) is 0 Å². The fourth-order valence-electron chi connectivity index (χ4n) is 2.50. The lowest BCUT2D eigenvalue weighted by Gasteiger charge is -2.29. The zero-order chi connectivity index (χ0) is 17.2. The number of hydrogen-bond donors (Lipinski definition) is 0. The van der Waals surface area contributed by atoms with Gasteiger partial charge in [-0.2, -0.15) is 8.42 Å². The van der Waals surface area contributed by atoms with Gasteiger partial charge in [-0.25, -0.2) is 4.98 Å². The summed E-state index contributed by atoms with van der Waals surface area (Å²) < 4.78 is 42.0. The highest BCUT2D eigenvalue weighted by atomic mass is 79.9. The van der Waals surface area contributed by atoms with Crippen LogP contribution in [-0.2, 0) is 36.1 Å². The smallest absolute Gasteiger partial charge is 0.264 e. The fraction of sp³-hybridized carbons (Fsp3) is 0.400. The van der Waals surface area contributed by atoms with Crippen LogP contribution >= 0.6 is 15.9 Å². The van der Waals surface area contributed by atoms with Crippen LogP contribution in [0.25, 0.3) is 0 Å². The van der Waals surface area contributed by atoms with Crippen LogP contribution in [0.3, 0.4) is 0 Å². The van der Waals surface area contributed by atoms with Crippen LogP contribution in [-0.4, -0.2) is 43.5 Å². The second-order valence-corrected chi connectivity index (χ2v) is 8.09. The van der Waals surface area contributed by atoms with Gasteiger partial charge >= 0.3 is 0 Å². The molecule has 0 spiro atoms. The second kappa shape index (κ2) is 6.93. The number of imidazole rings is 1. The van der Waals surface area contributed by atoms with Crippen molar-refractivity contribution in [2.45, 2.75) is 18.4 Å². The fourth-order valence-corrected chi connectivity index (χ4v) is 3.16. The summed E-state index contributed by atoms with van der Waals surface area (Å²) in [6, 6.07) is 7.61. The molecule has 0 amide bonds. The first kappa shape index (κ1) is 17.6. The van der Waals surface area contributed by atoms with E-state index in [1.165, 1.54) is 0 Å². The van der Waals surface area contributed by atoms with Crippen LogP contribution in [0.4, 0.5) is 0 Å². The Morgan fingerprint density at radius 3 is 2.79 bits per heavy atom. The molecule has 2 aromatic rings. The van der Waals surface area contributed by atoms with Crippen LogP contribution < -0.4 is 0 Å². The molecular formula is C15H17BrN2O5S. The first-order valence-corrected chi connectivity index (χ1v) is 9.85. The lowest BCUT2D eigenvalue weighted by atomic mass is 10.1. The highest BCUT2D eigenvalue weighted by Gasteiger charge is 2.44. The normalized spacial score (nSPS) is 24.3. The Kier molecular flexibility index (Phi) is 5.07. The molecule has 24 heavy (non-hydrogen) atoms. The summed E-state index contributed by atoms with van der Waals surface area (Å²) in [6.07, 6.45) is 5.69. The third-order valence-corrected chi connectivity index (χ3v) is 4.65. The van der Waals surface area contributed by atoms with Gasteiger partial charge < -0.3 is 14.0 Å². The Morgan fingerprint density at radius 2 is 2.17 bits per heavy atom. The molecule has 9 heteroatoms. The molecule has 2 heterocycles. The zero-order valence-corrected chi connectivity index (χ0v) is 15.4. The molecule has 0 bridgehead atoms. The number of benzene rings is 1. The largest absolute Gasteiger partial charge is 0.342 e. The van der Waals surface area contributed by atoms with E-state index in [9.17, 15) is 8.42 Å². The number of halogens is 1. The van der Waals surface area contributed by atoms with Crippen LogP contribution in [0, 0.1) is 0 Å². The molecule has 0 radical (unpaired) electrons. The van der Waals surface area contributed by atoms with E-state index in [1.54, 1.807) is 12.5 Å². The van der Waals surface area contributed by atoms with Gasteiger partial charge in [0, 0.05) is 22.4 Å². The lowest BCUT2D eigenvalue weighted by molar-refractivity contribution is -0.189. The maximum atomic E-state index is 11.2. The zero-order valence-electron chi connectivity index (χ0n) is 13.0. The predicted molar refractivity (Wildman–Crippen MR) is 89.7 cm³/mol. The summed E-state index contributed by atoms with van der Waals surface area (Å²) in [5, 5.41) is 0. The van der Waals surface area contributed by atoms with E-state index < -0.39 is 22.0 Å². The monoisotopic (exact) mass is 416 g/mol. The molecule has 0 aliphatic carbocycles. The molecule has 3 rings (SSSR count).